The first-order valence-corrected chi connectivity index (χ1v) is 10.2. The molecule has 1 aliphatic rings. The highest BCUT2D eigenvalue weighted by molar-refractivity contribution is 5.93. The molecule has 3 heterocycles. The molecule has 8 nitrogen and oxygen atoms in total. The standard InChI is InChI=1S/C22H25N5O3/c1-14-3-8-18(22(29)27(14)2)19(28)24-13-15-4-6-16(7-5-15)20-25-26-21(30-20)17-9-11-23-12-10-17/h3,8-12,15-16H,4-7,13H2,1-2H3,(H,24,28). The molecule has 0 aromatic carbocycles. The zero-order valence-corrected chi connectivity index (χ0v) is 17.2. The Morgan fingerprint density at radius 3 is 2.60 bits per heavy atom. The first-order chi connectivity index (χ1) is 14.5. The molecule has 1 fully saturated rings. The number of nitrogens with one attached hydrogen (secondary N) is 1. The number of hydrogen-bond acceptors (Lipinski definition) is 6. The van der Waals surface area contributed by atoms with Crippen molar-refractivity contribution in [2.75, 3.05) is 6.54 Å². The molecule has 0 atom stereocenters. The molecular formula is C22H25N5O3. The van der Waals surface area contributed by atoms with E-state index < -0.39 is 0 Å². The zero-order chi connectivity index (χ0) is 21.1. The molecule has 3 aromatic rings. The highest BCUT2D eigenvalue weighted by atomic mass is 16.4. The van der Waals surface area contributed by atoms with Gasteiger partial charge in [-0.05, 0) is 62.8 Å². The average molecular weight is 407 g/mol. The molecule has 156 valence electrons. The van der Waals surface area contributed by atoms with Gasteiger partial charge in [0.15, 0.2) is 0 Å². The van der Waals surface area contributed by atoms with Gasteiger partial charge in [0.1, 0.15) is 5.56 Å². The minimum Gasteiger partial charge on any atom is -0.420 e. The summed E-state index contributed by atoms with van der Waals surface area (Å²) in [5.74, 6) is 1.50. The summed E-state index contributed by atoms with van der Waals surface area (Å²) in [6.45, 7) is 2.40. The number of amides is 1. The fourth-order valence-electron chi connectivity index (χ4n) is 3.86. The minimum absolute atomic E-state index is 0.186. The van der Waals surface area contributed by atoms with E-state index in [1.165, 1.54) is 4.57 Å². The van der Waals surface area contributed by atoms with Crippen LogP contribution in [0.25, 0.3) is 11.5 Å². The van der Waals surface area contributed by atoms with E-state index in [1.54, 1.807) is 31.6 Å². The second-order valence-corrected chi connectivity index (χ2v) is 7.86. The molecule has 0 aliphatic heterocycles. The molecule has 1 aliphatic carbocycles. The summed E-state index contributed by atoms with van der Waals surface area (Å²) >= 11 is 0. The molecule has 0 saturated heterocycles. The van der Waals surface area contributed by atoms with E-state index in [1.807, 2.05) is 19.1 Å². The van der Waals surface area contributed by atoms with Crippen molar-refractivity contribution >= 4 is 5.91 Å². The van der Waals surface area contributed by atoms with Crippen LogP contribution < -0.4 is 10.9 Å². The Bertz CT molecular complexity index is 1080. The van der Waals surface area contributed by atoms with E-state index in [9.17, 15) is 9.59 Å². The molecule has 1 amide bonds. The van der Waals surface area contributed by atoms with Crippen molar-refractivity contribution in [3.63, 3.8) is 0 Å². The van der Waals surface area contributed by atoms with Crippen LogP contribution in [0.2, 0.25) is 0 Å². The third kappa shape index (κ3) is 4.17. The van der Waals surface area contributed by atoms with E-state index in [0.717, 1.165) is 36.9 Å². The van der Waals surface area contributed by atoms with E-state index in [4.69, 9.17) is 4.42 Å². The molecule has 1 saturated carbocycles. The molecule has 1 N–H and O–H groups in total. The largest absolute Gasteiger partial charge is 0.420 e. The first kappa shape index (κ1) is 20.0. The molecule has 4 rings (SSSR count). The lowest BCUT2D eigenvalue weighted by atomic mass is 9.82. The monoisotopic (exact) mass is 407 g/mol. The Morgan fingerprint density at radius 2 is 1.87 bits per heavy atom. The van der Waals surface area contributed by atoms with E-state index in [2.05, 4.69) is 20.5 Å². The van der Waals surface area contributed by atoms with Gasteiger partial charge in [0.25, 0.3) is 11.5 Å². The number of pyridine rings is 2. The van der Waals surface area contributed by atoms with Crippen LogP contribution in [-0.2, 0) is 7.05 Å². The SMILES string of the molecule is Cc1ccc(C(=O)NCC2CCC(c3nnc(-c4ccncc4)o3)CC2)c(=O)n1C. The molecule has 0 unspecified atom stereocenters. The highest BCUT2D eigenvalue weighted by Crippen LogP contribution is 2.35. The van der Waals surface area contributed by atoms with Crippen LogP contribution in [0.5, 0.6) is 0 Å². The maximum Gasteiger partial charge on any atom is 0.263 e. The Balaban J connectivity index is 1.30. The number of carbonyl (C=O) groups is 1. The average Bonchev–Trinajstić information content (AvgIpc) is 3.27. The van der Waals surface area contributed by atoms with Gasteiger partial charge in [-0.3, -0.25) is 14.6 Å². The van der Waals surface area contributed by atoms with E-state index in [-0.39, 0.29) is 22.9 Å². The predicted molar refractivity (Wildman–Crippen MR) is 111 cm³/mol. The number of aryl methyl sites for hydroxylation is 1. The van der Waals surface area contributed by atoms with Crippen molar-refractivity contribution in [2.24, 2.45) is 13.0 Å². The second kappa shape index (κ2) is 8.61. The summed E-state index contributed by atoms with van der Waals surface area (Å²) in [7, 11) is 1.67. The zero-order valence-electron chi connectivity index (χ0n) is 17.2. The number of carbonyl (C=O) groups excluding carboxylic acids is 1. The first-order valence-electron chi connectivity index (χ1n) is 10.2. The van der Waals surface area contributed by atoms with Crippen molar-refractivity contribution in [3.8, 4) is 11.5 Å². The number of aromatic nitrogens is 4. The Hall–Kier alpha value is -3.29. The van der Waals surface area contributed by atoms with Crippen LogP contribution in [-0.4, -0.2) is 32.2 Å². The van der Waals surface area contributed by atoms with Gasteiger partial charge in [-0.15, -0.1) is 10.2 Å². The smallest absolute Gasteiger partial charge is 0.263 e. The fourth-order valence-corrected chi connectivity index (χ4v) is 3.86. The molecule has 8 heteroatoms. The van der Waals surface area contributed by atoms with Gasteiger partial charge in [0.05, 0.1) is 0 Å². The Morgan fingerprint density at radius 1 is 1.13 bits per heavy atom. The summed E-state index contributed by atoms with van der Waals surface area (Å²) in [5.41, 5.74) is 1.61. The molecule has 0 bridgehead atoms. The summed E-state index contributed by atoms with van der Waals surface area (Å²) in [4.78, 5) is 28.7. The summed E-state index contributed by atoms with van der Waals surface area (Å²) in [5, 5.41) is 11.3. The highest BCUT2D eigenvalue weighted by Gasteiger charge is 2.27. The van der Waals surface area contributed by atoms with Crippen LogP contribution in [0.3, 0.4) is 0 Å². The van der Waals surface area contributed by atoms with Gasteiger partial charge in [0, 0.05) is 43.2 Å². The maximum absolute atomic E-state index is 12.4. The molecule has 0 radical (unpaired) electrons. The van der Waals surface area contributed by atoms with Gasteiger partial charge in [-0.1, -0.05) is 0 Å². The van der Waals surface area contributed by atoms with Crippen LogP contribution in [0, 0.1) is 12.8 Å². The lowest BCUT2D eigenvalue weighted by molar-refractivity contribution is 0.0940. The number of nitrogens with zero attached hydrogens (tertiary/aromatic N) is 4. The van der Waals surface area contributed by atoms with Gasteiger partial charge < -0.3 is 14.3 Å². The molecule has 30 heavy (non-hydrogen) atoms. The van der Waals surface area contributed by atoms with Gasteiger partial charge in [-0.25, -0.2) is 0 Å². The van der Waals surface area contributed by atoms with Gasteiger partial charge >= 0.3 is 0 Å². The molecule has 3 aromatic heterocycles. The van der Waals surface area contributed by atoms with Crippen LogP contribution in [0.1, 0.15) is 53.5 Å². The summed E-state index contributed by atoms with van der Waals surface area (Å²) in [6.07, 6.45) is 7.19. The topological polar surface area (TPSA) is 103 Å². The Labute approximate surface area is 174 Å². The van der Waals surface area contributed by atoms with Crippen molar-refractivity contribution in [3.05, 3.63) is 64.2 Å². The van der Waals surface area contributed by atoms with Crippen LogP contribution in [0.15, 0.2) is 45.9 Å². The quantitative estimate of drug-likeness (QED) is 0.698. The number of hydrogen-bond donors (Lipinski definition) is 1. The van der Waals surface area contributed by atoms with Crippen molar-refractivity contribution < 1.29 is 9.21 Å². The molecular weight excluding hydrogens is 382 g/mol. The van der Waals surface area contributed by atoms with Gasteiger partial charge in [-0.2, -0.15) is 0 Å². The fraction of sp³-hybridized carbons (Fsp3) is 0.409. The third-order valence-electron chi connectivity index (χ3n) is 5.92. The summed E-state index contributed by atoms with van der Waals surface area (Å²) in [6, 6.07) is 7.07. The van der Waals surface area contributed by atoms with E-state index >= 15 is 0 Å². The lowest BCUT2D eigenvalue weighted by Crippen LogP contribution is -2.36. The normalized spacial score (nSPS) is 18.9. The Kier molecular flexibility index (Phi) is 5.74. The van der Waals surface area contributed by atoms with Crippen LogP contribution >= 0.6 is 0 Å². The van der Waals surface area contributed by atoms with Crippen LogP contribution in [0.4, 0.5) is 0 Å². The second-order valence-electron chi connectivity index (χ2n) is 7.86. The molecule has 0 spiro atoms. The summed E-state index contributed by atoms with van der Waals surface area (Å²) < 4.78 is 7.37. The van der Waals surface area contributed by atoms with Gasteiger partial charge in [0.2, 0.25) is 11.8 Å². The lowest BCUT2D eigenvalue weighted by Gasteiger charge is -2.26. The number of rotatable bonds is 5. The third-order valence-corrected chi connectivity index (χ3v) is 5.92. The minimum atomic E-state index is -0.309. The van der Waals surface area contributed by atoms with Crippen molar-refractivity contribution in [1.29, 1.82) is 0 Å². The predicted octanol–water partition coefficient (Wildman–Crippen LogP) is 2.84. The maximum atomic E-state index is 12.4. The van der Waals surface area contributed by atoms with Crippen molar-refractivity contribution in [1.82, 2.24) is 25.1 Å². The van der Waals surface area contributed by atoms with Crippen molar-refractivity contribution in [2.45, 2.75) is 38.5 Å². The van der Waals surface area contributed by atoms with E-state index in [0.29, 0.717) is 24.2 Å².